The second kappa shape index (κ2) is 5.21. The van der Waals surface area contributed by atoms with Crippen LogP contribution in [-0.2, 0) is 18.3 Å². The van der Waals surface area contributed by atoms with Gasteiger partial charge in [0.15, 0.2) is 0 Å². The van der Waals surface area contributed by atoms with Crippen molar-refractivity contribution >= 4 is 6.03 Å². The maximum atomic E-state index is 12.1. The summed E-state index contributed by atoms with van der Waals surface area (Å²) in [5.41, 5.74) is 0.587. The summed E-state index contributed by atoms with van der Waals surface area (Å²) in [7, 11) is 3.63. The summed E-state index contributed by atoms with van der Waals surface area (Å²) in [5.74, 6) is 0. The molecule has 6 nitrogen and oxygen atoms in total. The number of amides is 2. The largest absolute Gasteiger partial charge is 0.373 e. The van der Waals surface area contributed by atoms with Gasteiger partial charge in [0.25, 0.3) is 0 Å². The van der Waals surface area contributed by atoms with Gasteiger partial charge < -0.3 is 15.0 Å². The number of urea groups is 1. The average Bonchev–Trinajstić information content (AvgIpc) is 2.86. The smallest absolute Gasteiger partial charge is 0.317 e. The van der Waals surface area contributed by atoms with Crippen molar-refractivity contribution in [1.82, 2.24) is 20.0 Å². The van der Waals surface area contributed by atoms with E-state index in [2.05, 4.69) is 10.4 Å². The van der Waals surface area contributed by atoms with E-state index in [1.165, 1.54) is 0 Å². The zero-order valence-corrected chi connectivity index (χ0v) is 12.0. The number of nitrogens with one attached hydrogen (secondary N) is 1. The second-order valence-electron chi connectivity index (χ2n) is 5.58. The molecule has 1 fully saturated rings. The van der Waals surface area contributed by atoms with Gasteiger partial charge >= 0.3 is 6.03 Å². The summed E-state index contributed by atoms with van der Waals surface area (Å²) in [6.07, 6.45) is 2.73. The summed E-state index contributed by atoms with van der Waals surface area (Å²) in [5, 5.41) is 7.29. The Kier molecular flexibility index (Phi) is 3.80. The Morgan fingerprint density at radius 1 is 1.68 bits per heavy atom. The molecule has 0 radical (unpaired) electrons. The highest BCUT2D eigenvalue weighted by Gasteiger charge is 2.37. The normalized spacial score (nSPS) is 21.4. The molecule has 2 rings (SSSR count). The fourth-order valence-electron chi connectivity index (χ4n) is 2.26. The topological polar surface area (TPSA) is 59.4 Å². The highest BCUT2D eigenvalue weighted by molar-refractivity contribution is 5.74. The van der Waals surface area contributed by atoms with Gasteiger partial charge in [-0.2, -0.15) is 5.10 Å². The van der Waals surface area contributed by atoms with Crippen LogP contribution < -0.4 is 5.32 Å². The quantitative estimate of drug-likeness (QED) is 0.892. The van der Waals surface area contributed by atoms with E-state index in [0.717, 1.165) is 12.1 Å². The van der Waals surface area contributed by atoms with Crippen LogP contribution in [0.15, 0.2) is 12.3 Å². The minimum atomic E-state index is -0.290. The van der Waals surface area contributed by atoms with Gasteiger partial charge in [-0.25, -0.2) is 4.79 Å². The van der Waals surface area contributed by atoms with Crippen LogP contribution in [0.1, 0.15) is 26.0 Å². The summed E-state index contributed by atoms with van der Waals surface area (Å²) in [4.78, 5) is 13.8. The molecular weight excluding hydrogens is 244 g/mol. The number of hydrogen-bond donors (Lipinski definition) is 1. The second-order valence-corrected chi connectivity index (χ2v) is 5.58. The zero-order chi connectivity index (χ0) is 14.0. The number of hydrogen-bond acceptors (Lipinski definition) is 3. The van der Waals surface area contributed by atoms with Gasteiger partial charge in [0.05, 0.1) is 23.9 Å². The number of aromatic nitrogens is 2. The summed E-state index contributed by atoms with van der Waals surface area (Å²) < 4.78 is 7.34. The van der Waals surface area contributed by atoms with Crippen LogP contribution in [0.4, 0.5) is 4.79 Å². The third-order valence-electron chi connectivity index (χ3n) is 3.53. The molecule has 6 heteroatoms. The first kappa shape index (κ1) is 13.9. The first-order valence-electron chi connectivity index (χ1n) is 6.52. The summed E-state index contributed by atoms with van der Waals surface area (Å²) >= 11 is 0. The van der Waals surface area contributed by atoms with Crippen molar-refractivity contribution in [2.75, 3.05) is 13.7 Å². The van der Waals surface area contributed by atoms with Crippen LogP contribution in [0.3, 0.4) is 0 Å². The minimum Gasteiger partial charge on any atom is -0.373 e. The molecule has 1 aliphatic heterocycles. The Labute approximate surface area is 113 Å². The van der Waals surface area contributed by atoms with Crippen molar-refractivity contribution in [2.45, 2.75) is 38.5 Å². The van der Waals surface area contributed by atoms with E-state index in [0.29, 0.717) is 13.2 Å². The fourth-order valence-corrected chi connectivity index (χ4v) is 2.26. The molecule has 106 valence electrons. The predicted octanol–water partition coefficient (Wildman–Crippen LogP) is 1.13. The first-order valence-corrected chi connectivity index (χ1v) is 6.52. The van der Waals surface area contributed by atoms with Crippen molar-refractivity contribution in [3.05, 3.63) is 18.0 Å². The SMILES string of the molecule is CN(Cc1ccn(C)n1)C(=O)NC1CCOC1(C)C. The van der Waals surface area contributed by atoms with Crippen molar-refractivity contribution in [2.24, 2.45) is 7.05 Å². The van der Waals surface area contributed by atoms with Crippen LogP contribution >= 0.6 is 0 Å². The molecule has 1 aromatic rings. The molecule has 0 aliphatic carbocycles. The van der Waals surface area contributed by atoms with Crippen LogP contribution in [0.5, 0.6) is 0 Å². The molecule has 0 bridgehead atoms. The molecule has 0 spiro atoms. The third-order valence-corrected chi connectivity index (χ3v) is 3.53. The molecule has 2 amide bonds. The number of ether oxygens (including phenoxy) is 1. The minimum absolute atomic E-state index is 0.0613. The van der Waals surface area contributed by atoms with Crippen molar-refractivity contribution < 1.29 is 9.53 Å². The standard InChI is InChI=1S/C13H22N4O2/c1-13(2)11(6-8-19-13)14-12(18)16(3)9-10-5-7-17(4)15-10/h5,7,11H,6,8-9H2,1-4H3,(H,14,18). The Bertz CT molecular complexity index is 455. The van der Waals surface area contributed by atoms with E-state index in [1.807, 2.05) is 33.2 Å². The molecule has 1 atom stereocenters. The summed E-state index contributed by atoms with van der Waals surface area (Å²) in [6, 6.07) is 1.88. The summed E-state index contributed by atoms with van der Waals surface area (Å²) in [6.45, 7) is 5.20. The van der Waals surface area contributed by atoms with Crippen molar-refractivity contribution in [3.8, 4) is 0 Å². The lowest BCUT2D eigenvalue weighted by Crippen LogP contribution is -2.50. The van der Waals surface area contributed by atoms with Gasteiger partial charge in [-0.15, -0.1) is 0 Å². The molecular formula is C13H22N4O2. The van der Waals surface area contributed by atoms with E-state index >= 15 is 0 Å². The average molecular weight is 266 g/mol. The van der Waals surface area contributed by atoms with E-state index < -0.39 is 0 Å². The lowest BCUT2D eigenvalue weighted by Gasteiger charge is -2.28. The third kappa shape index (κ3) is 3.26. The Morgan fingerprint density at radius 2 is 2.42 bits per heavy atom. The monoisotopic (exact) mass is 266 g/mol. The Morgan fingerprint density at radius 3 is 2.95 bits per heavy atom. The molecule has 1 aliphatic rings. The van der Waals surface area contributed by atoms with Gasteiger partial charge in [0, 0.05) is 26.9 Å². The van der Waals surface area contributed by atoms with Crippen LogP contribution in [0.25, 0.3) is 0 Å². The maximum Gasteiger partial charge on any atom is 0.317 e. The maximum absolute atomic E-state index is 12.1. The molecule has 0 saturated carbocycles. The lowest BCUT2D eigenvalue weighted by atomic mass is 9.99. The Hall–Kier alpha value is -1.56. The zero-order valence-electron chi connectivity index (χ0n) is 12.0. The molecule has 1 saturated heterocycles. The highest BCUT2D eigenvalue weighted by atomic mass is 16.5. The number of nitrogens with zero attached hydrogens (tertiary/aromatic N) is 3. The molecule has 1 unspecified atom stereocenters. The van der Waals surface area contributed by atoms with E-state index in [-0.39, 0.29) is 17.7 Å². The number of aryl methyl sites for hydroxylation is 1. The molecule has 0 aromatic carbocycles. The van der Waals surface area contributed by atoms with Crippen LogP contribution in [0, 0.1) is 0 Å². The van der Waals surface area contributed by atoms with Gasteiger partial charge in [0.1, 0.15) is 0 Å². The highest BCUT2D eigenvalue weighted by Crippen LogP contribution is 2.24. The Balaban J connectivity index is 1.89. The molecule has 2 heterocycles. The van der Waals surface area contributed by atoms with Crippen LogP contribution in [0.2, 0.25) is 0 Å². The lowest BCUT2D eigenvalue weighted by molar-refractivity contribution is 0.0227. The van der Waals surface area contributed by atoms with Crippen molar-refractivity contribution in [1.29, 1.82) is 0 Å². The molecule has 1 N–H and O–H groups in total. The van der Waals surface area contributed by atoms with Gasteiger partial charge in [-0.1, -0.05) is 0 Å². The van der Waals surface area contributed by atoms with E-state index in [4.69, 9.17) is 4.74 Å². The van der Waals surface area contributed by atoms with Gasteiger partial charge in [0.2, 0.25) is 0 Å². The fraction of sp³-hybridized carbons (Fsp3) is 0.692. The first-order chi connectivity index (χ1) is 8.88. The number of carbonyl (C=O) groups excluding carboxylic acids is 1. The predicted molar refractivity (Wildman–Crippen MR) is 71.6 cm³/mol. The molecule has 19 heavy (non-hydrogen) atoms. The van der Waals surface area contributed by atoms with Gasteiger partial charge in [-0.05, 0) is 26.3 Å². The van der Waals surface area contributed by atoms with Gasteiger partial charge in [-0.3, -0.25) is 4.68 Å². The van der Waals surface area contributed by atoms with Crippen molar-refractivity contribution in [3.63, 3.8) is 0 Å². The van der Waals surface area contributed by atoms with E-state index in [1.54, 1.807) is 16.6 Å². The number of carbonyl (C=O) groups is 1. The molecule has 1 aromatic heterocycles. The number of rotatable bonds is 3. The van der Waals surface area contributed by atoms with E-state index in [9.17, 15) is 4.79 Å². The van der Waals surface area contributed by atoms with Crippen LogP contribution in [-0.4, -0.2) is 46.0 Å².